The van der Waals surface area contributed by atoms with Crippen LogP contribution in [0.4, 0.5) is 0 Å². The van der Waals surface area contributed by atoms with Crippen molar-refractivity contribution in [2.24, 2.45) is 11.7 Å². The summed E-state index contributed by atoms with van der Waals surface area (Å²) in [4.78, 5) is 0. The summed E-state index contributed by atoms with van der Waals surface area (Å²) >= 11 is 2.22. The van der Waals surface area contributed by atoms with Gasteiger partial charge in [0, 0.05) is 5.16 Å². The number of nitrogens with two attached hydrogens (primary N) is 1. The van der Waals surface area contributed by atoms with Gasteiger partial charge in [0.2, 0.25) is 0 Å². The summed E-state index contributed by atoms with van der Waals surface area (Å²) in [6, 6.07) is 18.3. The number of hydrogen-bond acceptors (Lipinski definition) is 1. The molecule has 2 aromatic rings. The van der Waals surface area contributed by atoms with E-state index < -0.39 is 0 Å². The molecule has 0 amide bonds. The molecule has 0 heterocycles. The molecule has 2 N–H and O–H groups in total. The van der Waals surface area contributed by atoms with Gasteiger partial charge in [0.25, 0.3) is 0 Å². The summed E-state index contributed by atoms with van der Waals surface area (Å²) in [5.74, 6) is 1.67. The molecular formula is C37H57ClNPPd. The van der Waals surface area contributed by atoms with Crippen molar-refractivity contribution in [3.63, 3.8) is 0 Å². The normalized spacial score (nSPS) is 17.3. The zero-order valence-corrected chi connectivity index (χ0v) is 31.1. The van der Waals surface area contributed by atoms with Gasteiger partial charge in [-0.1, -0.05) is 127 Å². The van der Waals surface area contributed by atoms with Gasteiger partial charge in [0.15, 0.2) is 0 Å². The van der Waals surface area contributed by atoms with Gasteiger partial charge < -0.3 is 5.73 Å². The number of halogens is 1. The molecule has 0 saturated carbocycles. The molecule has 0 bridgehead atoms. The zero-order chi connectivity index (χ0) is 31.6. The molecule has 0 spiro atoms. The Hall–Kier alpha value is -0.738. The number of rotatable bonds is 7. The van der Waals surface area contributed by atoms with Crippen molar-refractivity contribution in [1.82, 2.24) is 0 Å². The topological polar surface area (TPSA) is 26.0 Å². The van der Waals surface area contributed by atoms with Gasteiger partial charge in [0.1, 0.15) is 0 Å². The van der Waals surface area contributed by atoms with Crippen LogP contribution in [0.15, 0.2) is 60.7 Å². The van der Waals surface area contributed by atoms with Gasteiger partial charge in [-0.2, -0.15) is 35.9 Å². The number of hydrogen-bond donors (Lipinski definition) is 1. The third kappa shape index (κ3) is 10.2. The number of benzene rings is 2. The van der Waals surface area contributed by atoms with Gasteiger partial charge >= 0.3 is 27.7 Å². The average Bonchev–Trinajstić information content (AvgIpc) is 2.89. The van der Waals surface area contributed by atoms with Crippen LogP contribution in [-0.2, 0) is 24.6 Å². The van der Waals surface area contributed by atoms with Crippen molar-refractivity contribution >= 4 is 23.0 Å². The Bertz CT molecular complexity index is 1090. The van der Waals surface area contributed by atoms with Crippen molar-refractivity contribution in [2.45, 2.75) is 123 Å². The van der Waals surface area contributed by atoms with Gasteiger partial charge in [-0.25, -0.2) is 0 Å². The second kappa shape index (κ2) is 16.9. The monoisotopic (exact) mass is 687 g/mol. The summed E-state index contributed by atoms with van der Waals surface area (Å²) in [7, 11) is 4.17. The van der Waals surface area contributed by atoms with Crippen LogP contribution in [0.5, 0.6) is 0 Å². The van der Waals surface area contributed by atoms with E-state index in [1.165, 1.54) is 22.3 Å². The molecule has 0 aromatic heterocycles. The first-order valence-corrected chi connectivity index (χ1v) is 18.5. The molecule has 0 fully saturated rings. The molecule has 0 aliphatic heterocycles. The fraction of sp³-hybridized carbons (Fsp3) is 0.568. The molecule has 4 heteroatoms. The molecule has 1 aliphatic carbocycles. The molecule has 0 radical (unpaired) electrons. The Morgan fingerprint density at radius 2 is 1.54 bits per heavy atom. The van der Waals surface area contributed by atoms with Crippen LogP contribution in [0, 0.1) is 12.0 Å². The molecular weight excluding hydrogens is 631 g/mol. The molecule has 232 valence electrons. The average molecular weight is 689 g/mol. The first kappa shape index (κ1) is 38.3. The van der Waals surface area contributed by atoms with E-state index in [9.17, 15) is 0 Å². The summed E-state index contributed by atoms with van der Waals surface area (Å²) in [6.45, 7) is 29.9. The van der Waals surface area contributed by atoms with Crippen LogP contribution in [0.2, 0.25) is 0 Å². The molecule has 1 aliphatic rings. The van der Waals surface area contributed by atoms with Crippen molar-refractivity contribution < 1.29 is 18.2 Å². The Balaban J connectivity index is 0.000000641. The minimum absolute atomic E-state index is 0.184. The van der Waals surface area contributed by atoms with E-state index in [2.05, 4.69) is 153 Å². The van der Waals surface area contributed by atoms with Crippen LogP contribution in [0.3, 0.4) is 0 Å². The molecule has 0 saturated heterocycles. The second-order valence-electron chi connectivity index (χ2n) is 14.1. The molecule has 3 rings (SSSR count). The van der Waals surface area contributed by atoms with Gasteiger partial charge in [-0.15, -0.1) is 0 Å². The summed E-state index contributed by atoms with van der Waals surface area (Å²) in [5.41, 5.74) is 12.6. The van der Waals surface area contributed by atoms with E-state index in [1.807, 2.05) is 24.3 Å². The van der Waals surface area contributed by atoms with E-state index >= 15 is 0 Å². The molecule has 1 unspecified atom stereocenters. The quantitative estimate of drug-likeness (QED) is 0.175. The van der Waals surface area contributed by atoms with Gasteiger partial charge in [-0.3, -0.25) is 0 Å². The Morgan fingerprint density at radius 1 is 0.927 bits per heavy atom. The zero-order valence-electron chi connectivity index (χ0n) is 27.8. The Morgan fingerprint density at radius 3 is 1.98 bits per heavy atom. The van der Waals surface area contributed by atoms with E-state index in [0.29, 0.717) is 24.3 Å². The van der Waals surface area contributed by atoms with Gasteiger partial charge in [0.05, 0.1) is 0 Å². The molecule has 1 atom stereocenters. The van der Waals surface area contributed by atoms with Crippen molar-refractivity contribution in [1.29, 1.82) is 0 Å². The van der Waals surface area contributed by atoms with Crippen molar-refractivity contribution in [3.8, 4) is 0 Å². The van der Waals surface area contributed by atoms with Crippen LogP contribution in [-0.4, -0.2) is 22.0 Å². The minimum atomic E-state index is -0.319. The van der Waals surface area contributed by atoms with Crippen molar-refractivity contribution in [2.75, 3.05) is 6.54 Å². The predicted molar refractivity (Wildman–Crippen MR) is 184 cm³/mol. The SMILES string of the molecule is CC(C)c1ccc(C2=CC=CCC2(C(C)C)P(C(C)(C)C)C(C)(C)C)c(C(C)C)c1.NCCc1[c-]cccc1.[Cl][Pd+]. The second-order valence-corrected chi connectivity index (χ2v) is 18.2. The Labute approximate surface area is 270 Å². The van der Waals surface area contributed by atoms with E-state index in [1.54, 1.807) is 5.57 Å². The van der Waals surface area contributed by atoms with Crippen LogP contribution in [0.25, 0.3) is 5.57 Å². The van der Waals surface area contributed by atoms with E-state index in [4.69, 9.17) is 5.73 Å². The summed E-state index contributed by atoms with van der Waals surface area (Å²) in [6.07, 6.45) is 9.30. The molecule has 1 nitrogen and oxygen atoms in total. The first-order chi connectivity index (χ1) is 19.1. The Kier molecular flexibility index (Phi) is 15.8. The van der Waals surface area contributed by atoms with Crippen LogP contribution in [0.1, 0.15) is 124 Å². The standard InChI is InChI=1S/C29H47P.C8H10N.ClH.Pd/c1-20(2)23-16-17-24(25(19-23)21(3)4)26-15-13-14-18-29(26,22(5)6)30(27(7,8)9)28(10,11)12;9-7-6-8-4-2-1-3-5-8;;/h13-17,19-22H,18H2,1-12H3;1-4H,6-7,9H2;1H;/q;-1;;+2/p-1. The van der Waals surface area contributed by atoms with E-state index in [-0.39, 0.29) is 23.4 Å². The third-order valence-electron chi connectivity index (χ3n) is 7.83. The fourth-order valence-electron chi connectivity index (χ4n) is 6.61. The molecule has 2 aromatic carbocycles. The maximum atomic E-state index is 5.34. The van der Waals surface area contributed by atoms with Crippen LogP contribution >= 0.6 is 17.5 Å². The maximum absolute atomic E-state index is 5.34. The first-order valence-electron chi connectivity index (χ1n) is 15.2. The van der Waals surface area contributed by atoms with E-state index in [0.717, 1.165) is 12.8 Å². The third-order valence-corrected chi connectivity index (χ3v) is 12.3. The summed E-state index contributed by atoms with van der Waals surface area (Å²) < 4.78 is 0. The number of allylic oxidation sites excluding steroid dienone is 4. The predicted octanol–water partition coefficient (Wildman–Crippen LogP) is 11.4. The summed E-state index contributed by atoms with van der Waals surface area (Å²) in [5, 5.41) is 0.736. The fourth-order valence-corrected chi connectivity index (χ4v) is 12.3. The van der Waals surface area contributed by atoms with Gasteiger partial charge in [-0.05, 0) is 69.7 Å². The van der Waals surface area contributed by atoms with Crippen molar-refractivity contribution in [3.05, 3.63) is 89.0 Å². The molecule has 41 heavy (non-hydrogen) atoms. The van der Waals surface area contributed by atoms with Crippen LogP contribution < -0.4 is 5.73 Å².